The Bertz CT molecular complexity index is 1090. The van der Waals surface area contributed by atoms with Gasteiger partial charge in [-0.05, 0) is 36.3 Å². The van der Waals surface area contributed by atoms with Crippen LogP contribution in [-0.4, -0.2) is 63.7 Å². The van der Waals surface area contributed by atoms with Crippen molar-refractivity contribution in [3.8, 4) is 0 Å². The minimum atomic E-state index is -1.22. The number of carboxylic acids is 1. The fraction of sp³-hybridized carbons (Fsp3) is 0.538. The molecule has 5 atom stereocenters. The van der Waals surface area contributed by atoms with Crippen LogP contribution in [0.4, 0.5) is 0 Å². The summed E-state index contributed by atoms with van der Waals surface area (Å²) in [5.41, 5.74) is 8.06. The maximum absolute atomic E-state index is 13.3. The van der Waals surface area contributed by atoms with Crippen LogP contribution in [0.1, 0.15) is 46.1 Å². The van der Waals surface area contributed by atoms with Crippen molar-refractivity contribution in [3.05, 3.63) is 36.0 Å². The van der Waals surface area contributed by atoms with Crippen LogP contribution >= 0.6 is 12.6 Å². The van der Waals surface area contributed by atoms with Crippen molar-refractivity contribution < 1.29 is 24.3 Å². The van der Waals surface area contributed by atoms with Crippen LogP contribution in [0.25, 0.3) is 10.9 Å². The van der Waals surface area contributed by atoms with E-state index in [0.29, 0.717) is 6.42 Å². The first-order chi connectivity index (χ1) is 17.5. The summed E-state index contributed by atoms with van der Waals surface area (Å²) < 4.78 is 0. The Morgan fingerprint density at radius 2 is 1.65 bits per heavy atom. The largest absolute Gasteiger partial charge is 0.480 e. The minimum absolute atomic E-state index is 0.0385. The molecule has 11 heteroatoms. The number of thiol groups is 1. The highest BCUT2D eigenvalue weighted by Gasteiger charge is 2.32. The van der Waals surface area contributed by atoms with Gasteiger partial charge in [-0.2, -0.15) is 12.6 Å². The number of carbonyl (C=O) groups excluding carboxylic acids is 3. The van der Waals surface area contributed by atoms with Crippen molar-refractivity contribution in [2.75, 3.05) is 5.75 Å². The summed E-state index contributed by atoms with van der Waals surface area (Å²) >= 11 is 3.97. The second kappa shape index (κ2) is 14.0. The van der Waals surface area contributed by atoms with E-state index in [0.717, 1.165) is 16.5 Å². The van der Waals surface area contributed by atoms with Gasteiger partial charge in [-0.15, -0.1) is 0 Å². The number of aliphatic carboxylic acids is 1. The first-order valence-corrected chi connectivity index (χ1v) is 13.2. The monoisotopic (exact) mass is 533 g/mol. The van der Waals surface area contributed by atoms with Crippen LogP contribution in [0.15, 0.2) is 30.5 Å². The summed E-state index contributed by atoms with van der Waals surface area (Å²) in [5.74, 6) is -3.13. The highest BCUT2D eigenvalue weighted by atomic mass is 32.1. The van der Waals surface area contributed by atoms with Crippen LogP contribution in [0.2, 0.25) is 0 Å². The Balaban J connectivity index is 2.13. The van der Waals surface area contributed by atoms with Gasteiger partial charge in [0.2, 0.25) is 17.7 Å². The number of para-hydroxylation sites is 1. The van der Waals surface area contributed by atoms with Crippen molar-refractivity contribution in [3.63, 3.8) is 0 Å². The van der Waals surface area contributed by atoms with Gasteiger partial charge in [0.25, 0.3) is 0 Å². The van der Waals surface area contributed by atoms with E-state index in [1.54, 1.807) is 0 Å². The molecule has 5 unspecified atom stereocenters. The first kappa shape index (κ1) is 30.2. The molecule has 2 rings (SSSR count). The molecule has 0 spiro atoms. The summed E-state index contributed by atoms with van der Waals surface area (Å²) in [7, 11) is 0. The predicted octanol–water partition coefficient (Wildman–Crippen LogP) is 1.60. The number of nitrogens with one attached hydrogen (secondary N) is 4. The zero-order valence-corrected chi connectivity index (χ0v) is 22.7. The molecule has 37 heavy (non-hydrogen) atoms. The Morgan fingerprint density at radius 1 is 1.00 bits per heavy atom. The molecule has 0 aliphatic carbocycles. The zero-order chi connectivity index (χ0) is 27.7. The Labute approximate surface area is 222 Å². The summed E-state index contributed by atoms with van der Waals surface area (Å²) in [4.78, 5) is 53.6. The van der Waals surface area contributed by atoms with Gasteiger partial charge in [0.1, 0.15) is 18.1 Å². The predicted molar refractivity (Wildman–Crippen MR) is 146 cm³/mol. The van der Waals surface area contributed by atoms with Gasteiger partial charge >= 0.3 is 5.97 Å². The fourth-order valence-electron chi connectivity index (χ4n) is 4.01. The van der Waals surface area contributed by atoms with Crippen LogP contribution in [0, 0.1) is 11.8 Å². The number of carboxylic acid groups (broad SMARTS) is 1. The SMILES string of the molecule is CCC(C)C(NC(=O)C(N)Cc1c[nH]c2ccccc12)C(=O)NC(CC(C)C)C(=O)NC(CS)C(=O)O. The molecule has 204 valence electrons. The highest BCUT2D eigenvalue weighted by molar-refractivity contribution is 7.80. The van der Waals surface area contributed by atoms with Gasteiger partial charge in [0.05, 0.1) is 6.04 Å². The third-order valence-corrected chi connectivity index (χ3v) is 6.75. The number of H-pyrrole nitrogens is 1. The van der Waals surface area contributed by atoms with Gasteiger partial charge in [-0.3, -0.25) is 14.4 Å². The number of nitrogens with two attached hydrogens (primary N) is 1. The molecule has 7 N–H and O–H groups in total. The maximum Gasteiger partial charge on any atom is 0.327 e. The molecule has 1 aromatic heterocycles. The highest BCUT2D eigenvalue weighted by Crippen LogP contribution is 2.19. The molecule has 0 aliphatic heterocycles. The van der Waals surface area contributed by atoms with Gasteiger partial charge in [0, 0.05) is 22.9 Å². The molecule has 1 heterocycles. The van der Waals surface area contributed by atoms with Gasteiger partial charge in [-0.1, -0.05) is 52.3 Å². The number of aromatic nitrogens is 1. The summed E-state index contributed by atoms with van der Waals surface area (Å²) in [5, 5.41) is 18.1. The number of aromatic amines is 1. The van der Waals surface area contributed by atoms with E-state index in [1.165, 1.54) is 0 Å². The molecule has 0 aliphatic rings. The third-order valence-electron chi connectivity index (χ3n) is 6.38. The lowest BCUT2D eigenvalue weighted by atomic mass is 9.96. The second-order valence-electron chi connectivity index (χ2n) is 9.81. The standard InChI is InChI=1S/C26H39N5O5S/c1-5-15(4)22(25(34)29-20(10-14(2)3)24(33)30-21(13-37)26(35)36)31-23(32)18(27)11-16-12-28-19-9-7-6-8-17(16)19/h6-9,12,14-15,18,20-22,28,37H,5,10-11,13,27H2,1-4H3,(H,29,34)(H,30,33)(H,31,32)(H,35,36). The van der Waals surface area contributed by atoms with E-state index < -0.39 is 47.9 Å². The molecule has 0 bridgehead atoms. The summed E-state index contributed by atoms with van der Waals surface area (Å²) in [6.45, 7) is 7.49. The normalized spacial score (nSPS) is 15.4. The number of rotatable bonds is 14. The molecule has 0 saturated carbocycles. The molecule has 2 aromatic rings. The maximum atomic E-state index is 13.3. The van der Waals surface area contributed by atoms with Crippen LogP contribution < -0.4 is 21.7 Å². The number of benzene rings is 1. The van der Waals surface area contributed by atoms with Crippen molar-refractivity contribution in [1.82, 2.24) is 20.9 Å². The summed E-state index contributed by atoms with van der Waals surface area (Å²) in [6.07, 6.45) is 2.99. The quantitative estimate of drug-likeness (QED) is 0.182. The third kappa shape index (κ3) is 8.50. The van der Waals surface area contributed by atoms with Crippen molar-refractivity contribution in [2.45, 2.75) is 71.1 Å². The van der Waals surface area contributed by atoms with Crippen molar-refractivity contribution >= 4 is 47.2 Å². The van der Waals surface area contributed by atoms with Crippen molar-refractivity contribution in [1.29, 1.82) is 0 Å². The van der Waals surface area contributed by atoms with E-state index in [2.05, 4.69) is 33.6 Å². The van der Waals surface area contributed by atoms with Gasteiger partial charge in [0.15, 0.2) is 0 Å². The summed E-state index contributed by atoms with van der Waals surface area (Å²) in [6, 6.07) is 3.74. The number of hydrogen-bond donors (Lipinski definition) is 7. The number of amides is 3. The molecule has 1 aromatic carbocycles. The Kier molecular flexibility index (Phi) is 11.4. The van der Waals surface area contributed by atoms with E-state index in [1.807, 2.05) is 58.2 Å². The van der Waals surface area contributed by atoms with Crippen LogP contribution in [-0.2, 0) is 25.6 Å². The lowest BCUT2D eigenvalue weighted by Crippen LogP contribution is -2.59. The average molecular weight is 534 g/mol. The molecular weight excluding hydrogens is 494 g/mol. The van der Waals surface area contributed by atoms with E-state index in [4.69, 9.17) is 5.73 Å². The molecule has 3 amide bonds. The molecule has 0 radical (unpaired) electrons. The Hall–Kier alpha value is -3.05. The number of carbonyl (C=O) groups is 4. The topological polar surface area (TPSA) is 166 Å². The lowest BCUT2D eigenvalue weighted by molar-refractivity contribution is -0.141. The first-order valence-electron chi connectivity index (χ1n) is 12.5. The van der Waals surface area contributed by atoms with E-state index in [9.17, 15) is 24.3 Å². The van der Waals surface area contributed by atoms with Gasteiger partial charge < -0.3 is 31.8 Å². The minimum Gasteiger partial charge on any atom is -0.480 e. The average Bonchev–Trinajstić information content (AvgIpc) is 3.26. The molecule has 0 fully saturated rings. The number of hydrogen-bond acceptors (Lipinski definition) is 6. The zero-order valence-electron chi connectivity index (χ0n) is 21.8. The Morgan fingerprint density at radius 3 is 2.24 bits per heavy atom. The number of fused-ring (bicyclic) bond motifs is 1. The fourth-order valence-corrected chi connectivity index (χ4v) is 4.26. The molecule has 0 saturated heterocycles. The van der Waals surface area contributed by atoms with Crippen LogP contribution in [0.3, 0.4) is 0 Å². The van der Waals surface area contributed by atoms with E-state index >= 15 is 0 Å². The van der Waals surface area contributed by atoms with Crippen LogP contribution in [0.5, 0.6) is 0 Å². The second-order valence-corrected chi connectivity index (χ2v) is 10.2. The molecule has 10 nitrogen and oxygen atoms in total. The lowest BCUT2D eigenvalue weighted by Gasteiger charge is -2.28. The molecular formula is C26H39N5O5S. The van der Waals surface area contributed by atoms with Gasteiger partial charge in [-0.25, -0.2) is 4.79 Å². The van der Waals surface area contributed by atoms with E-state index in [-0.39, 0.29) is 30.4 Å². The smallest absolute Gasteiger partial charge is 0.327 e. The van der Waals surface area contributed by atoms with Crippen molar-refractivity contribution in [2.24, 2.45) is 17.6 Å².